The molecule has 14 heteroatoms. The zero-order valence-electron chi connectivity index (χ0n) is 16.1. The summed E-state index contributed by atoms with van der Waals surface area (Å²) >= 11 is 5.98. The van der Waals surface area contributed by atoms with Crippen LogP contribution in [0.3, 0.4) is 0 Å². The fraction of sp³-hybridized carbons (Fsp3) is 0.500. The number of hydrogen-bond acceptors (Lipinski definition) is 5. The molecule has 0 spiro atoms. The second-order valence-corrected chi connectivity index (χ2v) is 8.05. The number of rotatable bonds is 2. The van der Waals surface area contributed by atoms with Crippen molar-refractivity contribution in [1.29, 1.82) is 0 Å². The molecule has 2 unspecified atom stereocenters. The number of fused-ring (bicyclic) bond motifs is 1. The maximum absolute atomic E-state index is 13.6. The van der Waals surface area contributed by atoms with Crippen LogP contribution in [0.4, 0.5) is 38.0 Å². The molecule has 0 radical (unpaired) electrons. The number of anilines is 2. The summed E-state index contributed by atoms with van der Waals surface area (Å²) in [5.74, 6) is -4.08. The Labute approximate surface area is 181 Å². The first-order valence-corrected chi connectivity index (χ1v) is 9.87. The maximum Gasteiger partial charge on any atom is 0.417 e. The smallest absolute Gasteiger partial charge is 0.382 e. The number of nitrogens with one attached hydrogen (secondary N) is 2. The Morgan fingerprint density at radius 1 is 1.16 bits per heavy atom. The third-order valence-electron chi connectivity index (χ3n) is 5.66. The van der Waals surface area contributed by atoms with Crippen molar-refractivity contribution in [3.63, 3.8) is 0 Å². The van der Waals surface area contributed by atoms with Gasteiger partial charge in [0.05, 0.1) is 16.3 Å². The molecule has 4 heterocycles. The molecule has 0 aromatic carbocycles. The zero-order chi connectivity index (χ0) is 23.4. The van der Waals surface area contributed by atoms with Crippen LogP contribution in [0.2, 0.25) is 5.02 Å². The highest BCUT2D eigenvalue weighted by Crippen LogP contribution is 2.47. The molecule has 2 atom stereocenters. The number of alkyl halides is 6. The summed E-state index contributed by atoms with van der Waals surface area (Å²) < 4.78 is 79.3. The van der Waals surface area contributed by atoms with E-state index in [0.717, 1.165) is 6.07 Å². The number of amides is 1. The third kappa shape index (κ3) is 3.98. The van der Waals surface area contributed by atoms with Gasteiger partial charge in [-0.2, -0.15) is 31.4 Å². The Kier molecular flexibility index (Phi) is 5.52. The summed E-state index contributed by atoms with van der Waals surface area (Å²) in [6.45, 7) is 0.520. The number of H-pyrrole nitrogens is 1. The van der Waals surface area contributed by atoms with E-state index in [9.17, 15) is 36.2 Å². The predicted molar refractivity (Wildman–Crippen MR) is 100 cm³/mol. The molecule has 1 amide bonds. The van der Waals surface area contributed by atoms with Crippen LogP contribution in [0, 0.1) is 0 Å². The molecular formula is C18H16ClF6N5O2. The van der Waals surface area contributed by atoms with Crippen LogP contribution in [0.25, 0.3) is 0 Å². The van der Waals surface area contributed by atoms with Gasteiger partial charge in [0.25, 0.3) is 5.91 Å². The molecule has 0 bridgehead atoms. The van der Waals surface area contributed by atoms with E-state index in [4.69, 9.17) is 11.6 Å². The van der Waals surface area contributed by atoms with Crippen LogP contribution in [-0.2, 0) is 11.0 Å². The van der Waals surface area contributed by atoms with Crippen LogP contribution >= 0.6 is 11.6 Å². The Hall–Kier alpha value is -2.54. The normalized spacial score (nSPS) is 22.6. The summed E-state index contributed by atoms with van der Waals surface area (Å²) in [4.78, 5) is 17.2. The van der Waals surface area contributed by atoms with Crippen LogP contribution in [-0.4, -0.2) is 51.6 Å². The van der Waals surface area contributed by atoms with Gasteiger partial charge in [-0.25, -0.2) is 4.98 Å². The summed E-state index contributed by atoms with van der Waals surface area (Å²) in [7, 11) is 0. The van der Waals surface area contributed by atoms with Crippen LogP contribution in [0.15, 0.2) is 12.3 Å². The van der Waals surface area contributed by atoms with E-state index in [0.29, 0.717) is 19.0 Å². The van der Waals surface area contributed by atoms with E-state index in [2.05, 4.69) is 20.5 Å². The fourth-order valence-electron chi connectivity index (χ4n) is 4.12. The summed E-state index contributed by atoms with van der Waals surface area (Å²) in [6.07, 6.45) is -10.5. The zero-order valence-corrected chi connectivity index (χ0v) is 16.8. The average molecular weight is 484 g/mol. The highest BCUT2D eigenvalue weighted by atomic mass is 35.5. The number of nitrogens with zero attached hydrogens (tertiary/aromatic N) is 3. The lowest BCUT2D eigenvalue weighted by Gasteiger charge is -2.35. The van der Waals surface area contributed by atoms with E-state index in [1.165, 1.54) is 0 Å². The predicted octanol–water partition coefficient (Wildman–Crippen LogP) is 3.82. The lowest BCUT2D eigenvalue weighted by Crippen LogP contribution is -2.44. The second kappa shape index (κ2) is 7.80. The largest absolute Gasteiger partial charge is 0.417 e. The van der Waals surface area contributed by atoms with Gasteiger partial charge in [0.15, 0.2) is 0 Å². The van der Waals surface area contributed by atoms with Crippen molar-refractivity contribution in [3.05, 3.63) is 34.1 Å². The summed E-state index contributed by atoms with van der Waals surface area (Å²) in [6, 6.07) is 0.776. The minimum Gasteiger partial charge on any atom is -0.382 e. The second-order valence-electron chi connectivity index (χ2n) is 7.64. The number of piperidine rings is 1. The molecule has 2 aliphatic rings. The number of carbonyl (C=O) groups is 1. The van der Waals surface area contributed by atoms with Crippen molar-refractivity contribution in [1.82, 2.24) is 15.2 Å². The van der Waals surface area contributed by atoms with E-state index in [-0.39, 0.29) is 41.0 Å². The fourth-order valence-corrected chi connectivity index (χ4v) is 4.40. The number of aromatic nitrogens is 3. The third-order valence-corrected chi connectivity index (χ3v) is 5.94. The number of hydrogen-bond donors (Lipinski definition) is 3. The minimum atomic E-state index is -4.87. The first kappa shape index (κ1) is 22.6. The monoisotopic (exact) mass is 483 g/mol. The van der Waals surface area contributed by atoms with Gasteiger partial charge in [0, 0.05) is 30.8 Å². The Bertz CT molecular complexity index is 1030. The number of carbonyl (C=O) groups excluding carboxylic acids is 1. The van der Waals surface area contributed by atoms with Gasteiger partial charge in [0.1, 0.15) is 23.7 Å². The van der Waals surface area contributed by atoms with Crippen LogP contribution in [0.5, 0.6) is 0 Å². The molecule has 4 rings (SSSR count). The molecule has 1 saturated heterocycles. The average Bonchev–Trinajstić information content (AvgIpc) is 3.10. The number of pyridine rings is 1. The number of aliphatic hydroxyl groups is 1. The first-order chi connectivity index (χ1) is 14.9. The molecule has 2 aromatic rings. The molecule has 32 heavy (non-hydrogen) atoms. The van der Waals surface area contributed by atoms with Crippen molar-refractivity contribution in [2.45, 2.75) is 43.1 Å². The molecule has 0 aliphatic carbocycles. The van der Waals surface area contributed by atoms with Crippen molar-refractivity contribution < 1.29 is 36.2 Å². The number of halogens is 7. The molecule has 1 fully saturated rings. The van der Waals surface area contributed by atoms with E-state index in [1.54, 1.807) is 4.90 Å². The quantitative estimate of drug-likeness (QED) is 0.565. The number of aliphatic hydroxyl groups excluding tert-OH is 1. The van der Waals surface area contributed by atoms with Crippen molar-refractivity contribution in [3.8, 4) is 0 Å². The highest BCUT2D eigenvalue weighted by Gasteiger charge is 2.53. The maximum atomic E-state index is 13.6. The molecule has 174 valence electrons. The molecule has 0 saturated carbocycles. The lowest BCUT2D eigenvalue weighted by molar-refractivity contribution is -0.177. The van der Waals surface area contributed by atoms with Crippen LogP contribution in [0.1, 0.15) is 41.5 Å². The van der Waals surface area contributed by atoms with Gasteiger partial charge in [-0.05, 0) is 18.9 Å². The van der Waals surface area contributed by atoms with Gasteiger partial charge in [0.2, 0.25) is 0 Å². The first-order valence-electron chi connectivity index (χ1n) is 9.49. The van der Waals surface area contributed by atoms with Crippen molar-refractivity contribution in [2.24, 2.45) is 0 Å². The van der Waals surface area contributed by atoms with E-state index in [1.807, 2.05) is 0 Å². The SMILES string of the molecule is O=C1Nc2[nH]nc(C3CCN(c4ncc(C(F)(F)F)cc4Cl)CC3)c2C(C(F)(F)F)C1O. The standard InChI is InChI=1S/C18H16ClF6N5O2/c19-9-5-8(17(20,21)22)6-26-15(9)30-3-1-7(2-4-30)12-10-11(18(23,24)25)13(31)16(32)27-14(10)29-28-12/h5-7,11,13,31H,1-4H2,(H2,27,28,29,32). The number of aromatic amines is 1. The van der Waals surface area contributed by atoms with Crippen molar-refractivity contribution >= 4 is 29.1 Å². The Morgan fingerprint density at radius 3 is 2.38 bits per heavy atom. The summed E-state index contributed by atoms with van der Waals surface area (Å²) in [5, 5.41) is 18.3. The Balaban J connectivity index is 1.55. The molecular weight excluding hydrogens is 468 g/mol. The summed E-state index contributed by atoms with van der Waals surface area (Å²) in [5.41, 5.74) is -1.19. The van der Waals surface area contributed by atoms with Gasteiger partial charge < -0.3 is 15.3 Å². The molecule has 2 aliphatic heterocycles. The topological polar surface area (TPSA) is 94.1 Å². The van der Waals surface area contributed by atoms with E-state index < -0.39 is 41.8 Å². The minimum absolute atomic E-state index is 0.0903. The Morgan fingerprint density at radius 2 is 1.81 bits per heavy atom. The molecule has 3 N–H and O–H groups in total. The van der Waals surface area contributed by atoms with Gasteiger partial charge in [-0.15, -0.1) is 0 Å². The van der Waals surface area contributed by atoms with E-state index >= 15 is 0 Å². The lowest BCUT2D eigenvalue weighted by atomic mass is 9.83. The molecule has 7 nitrogen and oxygen atoms in total. The van der Waals surface area contributed by atoms with Crippen LogP contribution < -0.4 is 10.2 Å². The van der Waals surface area contributed by atoms with Crippen molar-refractivity contribution in [2.75, 3.05) is 23.3 Å². The van der Waals surface area contributed by atoms with Gasteiger partial charge in [-0.3, -0.25) is 9.89 Å². The highest BCUT2D eigenvalue weighted by molar-refractivity contribution is 6.33. The van der Waals surface area contributed by atoms with Gasteiger partial charge in [-0.1, -0.05) is 11.6 Å². The van der Waals surface area contributed by atoms with Gasteiger partial charge >= 0.3 is 12.4 Å². The molecule has 2 aromatic heterocycles.